The van der Waals surface area contributed by atoms with Crippen molar-refractivity contribution in [3.63, 3.8) is 0 Å². The first-order valence-electron chi connectivity index (χ1n) is 6.90. The highest BCUT2D eigenvalue weighted by Crippen LogP contribution is 2.53. The van der Waals surface area contributed by atoms with Crippen molar-refractivity contribution in [3.8, 4) is 0 Å². The Morgan fingerprint density at radius 1 is 1.35 bits per heavy atom. The summed E-state index contributed by atoms with van der Waals surface area (Å²) < 4.78 is 0. The van der Waals surface area contributed by atoms with E-state index in [0.29, 0.717) is 11.8 Å². The van der Waals surface area contributed by atoms with Crippen LogP contribution in [0.25, 0.3) is 0 Å². The maximum absolute atomic E-state index is 10.6. The Morgan fingerprint density at radius 3 is 2.59 bits per heavy atom. The molecule has 0 aliphatic heterocycles. The molecule has 0 aromatic carbocycles. The fraction of sp³-hybridized carbons (Fsp3) is 0.867. The molecule has 17 heavy (non-hydrogen) atoms. The average Bonchev–Trinajstić information content (AvgIpc) is 2.23. The summed E-state index contributed by atoms with van der Waals surface area (Å²) in [7, 11) is 0. The molecule has 2 N–H and O–H groups in total. The van der Waals surface area contributed by atoms with Crippen LogP contribution < -0.4 is 0 Å². The molecule has 0 bridgehead atoms. The first-order chi connectivity index (χ1) is 7.88. The maximum atomic E-state index is 10.6. The lowest BCUT2D eigenvalue weighted by Crippen LogP contribution is -2.53. The van der Waals surface area contributed by atoms with Gasteiger partial charge in [0, 0.05) is 11.3 Å². The van der Waals surface area contributed by atoms with E-state index in [-0.39, 0.29) is 23.5 Å². The predicted octanol–water partition coefficient (Wildman–Crippen LogP) is 2.75. The van der Waals surface area contributed by atoms with Gasteiger partial charge in [-0.05, 0) is 38.0 Å². The van der Waals surface area contributed by atoms with Gasteiger partial charge >= 0.3 is 0 Å². The fourth-order valence-corrected chi connectivity index (χ4v) is 4.03. The summed E-state index contributed by atoms with van der Waals surface area (Å²) in [4.78, 5) is 0. The maximum Gasteiger partial charge on any atom is 0.0642 e. The van der Waals surface area contributed by atoms with Crippen molar-refractivity contribution in [1.82, 2.24) is 0 Å². The molecule has 2 rings (SSSR count). The predicted molar refractivity (Wildman–Crippen MR) is 69.5 cm³/mol. The third-order valence-electron chi connectivity index (χ3n) is 5.28. The molecule has 2 heteroatoms. The molecule has 0 amide bonds. The largest absolute Gasteiger partial charge is 0.392 e. The Hall–Kier alpha value is -0.340. The molecule has 1 fully saturated rings. The Balaban J connectivity index is 2.33. The molecule has 0 spiro atoms. The molecule has 0 aromatic rings. The van der Waals surface area contributed by atoms with E-state index in [1.807, 2.05) is 0 Å². The van der Waals surface area contributed by atoms with Crippen molar-refractivity contribution in [2.75, 3.05) is 0 Å². The summed E-state index contributed by atoms with van der Waals surface area (Å²) in [5.41, 5.74) is 1.15. The minimum Gasteiger partial charge on any atom is -0.392 e. The lowest BCUT2D eigenvalue weighted by Gasteiger charge is -2.53. The monoisotopic (exact) mass is 238 g/mol. The molecule has 5 atom stereocenters. The summed E-state index contributed by atoms with van der Waals surface area (Å²) in [5.74, 6) is 1.04. The summed E-state index contributed by atoms with van der Waals surface area (Å²) in [6, 6.07) is 0. The standard InChI is InChI=1S/C15H26O2/c1-9(2)11-7-8-15(4)12(16)6-5-10(3)13(15)14(11)17/h5,9,11-14,16-17H,6-8H2,1-4H3/t11-,12-,13+,14+,15+/m0/s1. The molecular weight excluding hydrogens is 212 g/mol. The third-order valence-corrected chi connectivity index (χ3v) is 5.28. The lowest BCUT2D eigenvalue weighted by molar-refractivity contribution is -0.111. The summed E-state index contributed by atoms with van der Waals surface area (Å²) in [5, 5.41) is 20.9. The van der Waals surface area contributed by atoms with Gasteiger partial charge in [0.05, 0.1) is 12.2 Å². The van der Waals surface area contributed by atoms with Gasteiger partial charge in [-0.3, -0.25) is 0 Å². The quantitative estimate of drug-likeness (QED) is 0.690. The van der Waals surface area contributed by atoms with Crippen LogP contribution in [0.5, 0.6) is 0 Å². The summed E-state index contributed by atoms with van der Waals surface area (Å²) >= 11 is 0. The van der Waals surface area contributed by atoms with Crippen molar-refractivity contribution >= 4 is 0 Å². The van der Waals surface area contributed by atoms with Crippen LogP contribution >= 0.6 is 0 Å². The van der Waals surface area contributed by atoms with Gasteiger partial charge in [0.2, 0.25) is 0 Å². The SMILES string of the molecule is CC1=CC[C@H](O)[C@@]2(C)CC[C@@H](C(C)C)[C@@H](O)[C@@H]12. The lowest BCUT2D eigenvalue weighted by atomic mass is 9.54. The van der Waals surface area contributed by atoms with Crippen LogP contribution in [0.2, 0.25) is 0 Å². The molecule has 0 heterocycles. The van der Waals surface area contributed by atoms with Crippen LogP contribution in [0.1, 0.15) is 47.0 Å². The molecular formula is C15H26O2. The smallest absolute Gasteiger partial charge is 0.0642 e. The number of fused-ring (bicyclic) bond motifs is 1. The van der Waals surface area contributed by atoms with E-state index in [1.54, 1.807) is 0 Å². The van der Waals surface area contributed by atoms with E-state index >= 15 is 0 Å². The van der Waals surface area contributed by atoms with E-state index in [4.69, 9.17) is 0 Å². The van der Waals surface area contributed by atoms with E-state index < -0.39 is 0 Å². The minimum absolute atomic E-state index is 0.121. The van der Waals surface area contributed by atoms with E-state index in [2.05, 4.69) is 33.8 Å². The zero-order valence-corrected chi connectivity index (χ0v) is 11.5. The van der Waals surface area contributed by atoms with Gasteiger partial charge in [0.1, 0.15) is 0 Å². The average molecular weight is 238 g/mol. The van der Waals surface area contributed by atoms with Gasteiger partial charge < -0.3 is 10.2 Å². The topological polar surface area (TPSA) is 40.5 Å². The minimum atomic E-state index is -0.293. The van der Waals surface area contributed by atoms with Crippen molar-refractivity contribution in [2.45, 2.75) is 59.2 Å². The van der Waals surface area contributed by atoms with Crippen molar-refractivity contribution in [2.24, 2.45) is 23.2 Å². The Morgan fingerprint density at radius 2 is 2.00 bits per heavy atom. The first-order valence-corrected chi connectivity index (χ1v) is 6.90. The van der Waals surface area contributed by atoms with E-state index in [0.717, 1.165) is 19.3 Å². The number of aliphatic hydroxyl groups excluding tert-OH is 2. The molecule has 2 nitrogen and oxygen atoms in total. The second-order valence-electron chi connectivity index (χ2n) is 6.62. The number of hydrogen-bond acceptors (Lipinski definition) is 2. The van der Waals surface area contributed by atoms with Crippen molar-refractivity contribution < 1.29 is 10.2 Å². The molecule has 1 saturated carbocycles. The second kappa shape index (κ2) is 4.40. The number of aliphatic hydroxyl groups is 2. The van der Waals surface area contributed by atoms with Crippen LogP contribution in [0.15, 0.2) is 11.6 Å². The zero-order chi connectivity index (χ0) is 12.8. The molecule has 2 aliphatic rings. The van der Waals surface area contributed by atoms with Gasteiger partial charge in [-0.2, -0.15) is 0 Å². The zero-order valence-electron chi connectivity index (χ0n) is 11.5. The van der Waals surface area contributed by atoms with Gasteiger partial charge in [0.15, 0.2) is 0 Å². The van der Waals surface area contributed by atoms with Crippen molar-refractivity contribution in [1.29, 1.82) is 0 Å². The van der Waals surface area contributed by atoms with Gasteiger partial charge in [-0.1, -0.05) is 32.4 Å². The third kappa shape index (κ3) is 1.96. The van der Waals surface area contributed by atoms with E-state index in [9.17, 15) is 10.2 Å². The molecule has 0 unspecified atom stereocenters. The van der Waals surface area contributed by atoms with Crippen LogP contribution in [0.3, 0.4) is 0 Å². The highest BCUT2D eigenvalue weighted by Gasteiger charge is 2.51. The van der Waals surface area contributed by atoms with Crippen LogP contribution in [-0.4, -0.2) is 22.4 Å². The van der Waals surface area contributed by atoms with E-state index in [1.165, 1.54) is 5.57 Å². The molecule has 0 saturated heterocycles. The van der Waals surface area contributed by atoms with Crippen LogP contribution in [0, 0.1) is 23.2 Å². The fourth-order valence-electron chi connectivity index (χ4n) is 4.03. The Bertz CT molecular complexity index is 321. The Labute approximate surface area is 105 Å². The van der Waals surface area contributed by atoms with Crippen LogP contribution in [0.4, 0.5) is 0 Å². The van der Waals surface area contributed by atoms with Gasteiger partial charge in [0.25, 0.3) is 0 Å². The van der Waals surface area contributed by atoms with Crippen molar-refractivity contribution in [3.05, 3.63) is 11.6 Å². The molecule has 0 aromatic heterocycles. The number of hydrogen-bond donors (Lipinski definition) is 2. The van der Waals surface area contributed by atoms with Gasteiger partial charge in [-0.25, -0.2) is 0 Å². The Kier molecular flexibility index (Phi) is 3.39. The molecule has 2 aliphatic carbocycles. The highest BCUT2D eigenvalue weighted by atomic mass is 16.3. The summed E-state index contributed by atoms with van der Waals surface area (Å²) in [6.07, 6.45) is 4.35. The molecule has 0 radical (unpaired) electrons. The second-order valence-corrected chi connectivity index (χ2v) is 6.62. The normalized spacial score (nSPS) is 46.6. The highest BCUT2D eigenvalue weighted by molar-refractivity contribution is 5.20. The summed E-state index contributed by atoms with van der Waals surface area (Å²) in [6.45, 7) is 8.64. The van der Waals surface area contributed by atoms with Gasteiger partial charge in [-0.15, -0.1) is 0 Å². The molecule has 98 valence electrons. The number of rotatable bonds is 1. The first kappa shape index (κ1) is 13.1. The van der Waals surface area contributed by atoms with Crippen LogP contribution in [-0.2, 0) is 0 Å².